The Morgan fingerprint density at radius 1 is 1.33 bits per heavy atom. The summed E-state index contributed by atoms with van der Waals surface area (Å²) in [7, 11) is 0. The molecule has 0 spiro atoms. The number of carboxylic acid groups (broad SMARTS) is 1. The molecule has 0 unspecified atom stereocenters. The summed E-state index contributed by atoms with van der Waals surface area (Å²) in [4.78, 5) is 10.4. The molecule has 0 aromatic heterocycles. The third-order valence-electron chi connectivity index (χ3n) is 1.64. The molecule has 6 heteroatoms. The summed E-state index contributed by atoms with van der Waals surface area (Å²) in [6.07, 6.45) is -4.84. The first-order valence-corrected chi connectivity index (χ1v) is 4.95. The van der Waals surface area contributed by atoms with Gasteiger partial charge in [-0.05, 0) is 46.4 Å². The van der Waals surface area contributed by atoms with Gasteiger partial charge in [-0.25, -0.2) is 0 Å². The van der Waals surface area contributed by atoms with Crippen molar-refractivity contribution in [3.8, 4) is 0 Å². The zero-order chi connectivity index (χ0) is 11.6. The van der Waals surface area contributed by atoms with Crippen LogP contribution in [0.5, 0.6) is 0 Å². The fourth-order valence-electron chi connectivity index (χ4n) is 1.09. The van der Waals surface area contributed by atoms with E-state index in [1.165, 1.54) is 6.07 Å². The number of aliphatic carboxylic acids is 1. The maximum atomic E-state index is 12.3. The predicted octanol–water partition coefficient (Wildman–Crippen LogP) is 2.94. The van der Waals surface area contributed by atoms with Crippen LogP contribution in [0.25, 0.3) is 0 Å². The van der Waals surface area contributed by atoms with Gasteiger partial charge in [0.2, 0.25) is 0 Å². The summed E-state index contributed by atoms with van der Waals surface area (Å²) >= 11 is 1.72. The third-order valence-corrected chi connectivity index (χ3v) is 2.26. The van der Waals surface area contributed by atoms with Crippen LogP contribution in [0.3, 0.4) is 0 Å². The van der Waals surface area contributed by atoms with Crippen LogP contribution in [0.1, 0.15) is 11.1 Å². The molecule has 0 heterocycles. The van der Waals surface area contributed by atoms with Crippen molar-refractivity contribution >= 4 is 28.6 Å². The first-order valence-electron chi connectivity index (χ1n) is 3.87. The van der Waals surface area contributed by atoms with Crippen LogP contribution in [0.4, 0.5) is 13.2 Å². The van der Waals surface area contributed by atoms with E-state index in [0.29, 0.717) is 3.57 Å². The summed E-state index contributed by atoms with van der Waals surface area (Å²) in [6, 6.07) is 3.26. The largest absolute Gasteiger partial charge is 0.481 e. The van der Waals surface area contributed by atoms with E-state index in [2.05, 4.69) is 0 Å². The number of rotatable bonds is 2. The van der Waals surface area contributed by atoms with Crippen LogP contribution < -0.4 is 0 Å². The zero-order valence-corrected chi connectivity index (χ0v) is 9.46. The molecule has 0 aliphatic rings. The Bertz CT molecular complexity index is 387. The van der Waals surface area contributed by atoms with Crippen LogP contribution in [-0.2, 0) is 17.4 Å². The third kappa shape index (κ3) is 3.69. The minimum atomic E-state index is -4.44. The average Bonchev–Trinajstić information content (AvgIpc) is 1.99. The fourth-order valence-corrected chi connectivity index (χ4v) is 1.83. The molecule has 1 rings (SSSR count). The highest BCUT2D eigenvalue weighted by Crippen LogP contribution is 2.31. The van der Waals surface area contributed by atoms with E-state index in [1.807, 2.05) is 0 Å². The normalized spacial score (nSPS) is 11.5. The van der Waals surface area contributed by atoms with Crippen molar-refractivity contribution < 1.29 is 23.1 Å². The first-order chi connectivity index (χ1) is 6.79. The second kappa shape index (κ2) is 4.38. The Kier molecular flexibility index (Phi) is 3.58. The molecular weight excluding hydrogens is 324 g/mol. The lowest BCUT2D eigenvalue weighted by Crippen LogP contribution is -2.08. The number of halogens is 4. The molecule has 15 heavy (non-hydrogen) atoms. The number of carboxylic acids is 1. The van der Waals surface area contributed by atoms with Crippen molar-refractivity contribution in [3.05, 3.63) is 32.9 Å². The van der Waals surface area contributed by atoms with E-state index in [1.54, 1.807) is 22.6 Å². The molecule has 0 fully saturated rings. The zero-order valence-electron chi connectivity index (χ0n) is 7.31. The van der Waals surface area contributed by atoms with Gasteiger partial charge in [0, 0.05) is 3.57 Å². The number of benzene rings is 1. The van der Waals surface area contributed by atoms with Gasteiger partial charge in [0.05, 0.1) is 12.0 Å². The van der Waals surface area contributed by atoms with Gasteiger partial charge >= 0.3 is 12.1 Å². The molecule has 82 valence electrons. The van der Waals surface area contributed by atoms with Crippen LogP contribution in [0.15, 0.2) is 18.2 Å². The van der Waals surface area contributed by atoms with E-state index >= 15 is 0 Å². The summed E-state index contributed by atoms with van der Waals surface area (Å²) in [5, 5.41) is 8.47. The van der Waals surface area contributed by atoms with Crippen LogP contribution in [-0.4, -0.2) is 11.1 Å². The van der Waals surface area contributed by atoms with Crippen molar-refractivity contribution in [2.75, 3.05) is 0 Å². The first kappa shape index (κ1) is 12.3. The maximum Gasteiger partial charge on any atom is 0.416 e. The van der Waals surface area contributed by atoms with Crippen LogP contribution in [0, 0.1) is 3.57 Å². The van der Waals surface area contributed by atoms with Crippen LogP contribution >= 0.6 is 22.6 Å². The molecule has 0 atom stereocenters. The Balaban J connectivity index is 3.11. The molecule has 2 nitrogen and oxygen atoms in total. The van der Waals surface area contributed by atoms with Crippen molar-refractivity contribution in [3.63, 3.8) is 0 Å². The van der Waals surface area contributed by atoms with Gasteiger partial charge in [-0.15, -0.1) is 0 Å². The Morgan fingerprint density at radius 3 is 2.40 bits per heavy atom. The topological polar surface area (TPSA) is 37.3 Å². The molecule has 0 radical (unpaired) electrons. The molecule has 1 N–H and O–H groups in total. The summed E-state index contributed by atoms with van der Waals surface area (Å²) in [5.74, 6) is -1.15. The standard InChI is InChI=1S/C9H6F3IO2/c10-9(11,12)6-1-5(3-8(14)15)2-7(13)4-6/h1-2,4H,3H2,(H,14,15). The fraction of sp³-hybridized carbons (Fsp3) is 0.222. The summed E-state index contributed by atoms with van der Waals surface area (Å²) in [5.41, 5.74) is -0.660. The molecule has 1 aromatic rings. The van der Waals surface area contributed by atoms with E-state index in [4.69, 9.17) is 5.11 Å². The van der Waals surface area contributed by atoms with E-state index in [0.717, 1.165) is 12.1 Å². The molecular formula is C9H6F3IO2. The highest BCUT2D eigenvalue weighted by atomic mass is 127. The predicted molar refractivity (Wildman–Crippen MR) is 55.5 cm³/mol. The lowest BCUT2D eigenvalue weighted by molar-refractivity contribution is -0.138. The van der Waals surface area contributed by atoms with Gasteiger partial charge in [-0.2, -0.15) is 13.2 Å². The highest BCUT2D eigenvalue weighted by molar-refractivity contribution is 14.1. The molecule has 0 bridgehead atoms. The van der Waals surface area contributed by atoms with Crippen molar-refractivity contribution in [2.24, 2.45) is 0 Å². The Labute approximate surface area is 97.2 Å². The minimum Gasteiger partial charge on any atom is -0.481 e. The SMILES string of the molecule is O=C(O)Cc1cc(I)cc(C(F)(F)F)c1. The molecule has 0 aliphatic carbocycles. The van der Waals surface area contributed by atoms with Gasteiger partial charge in [0.1, 0.15) is 0 Å². The number of hydrogen-bond donors (Lipinski definition) is 1. The van der Waals surface area contributed by atoms with Crippen molar-refractivity contribution in [1.29, 1.82) is 0 Å². The maximum absolute atomic E-state index is 12.3. The quantitative estimate of drug-likeness (QED) is 0.847. The van der Waals surface area contributed by atoms with E-state index in [-0.39, 0.29) is 5.56 Å². The van der Waals surface area contributed by atoms with Gasteiger partial charge in [-0.1, -0.05) is 0 Å². The highest BCUT2D eigenvalue weighted by Gasteiger charge is 2.31. The van der Waals surface area contributed by atoms with Gasteiger partial charge in [0.25, 0.3) is 0 Å². The number of hydrogen-bond acceptors (Lipinski definition) is 1. The molecule has 1 aromatic carbocycles. The lowest BCUT2D eigenvalue weighted by Gasteiger charge is -2.08. The second-order valence-electron chi connectivity index (χ2n) is 2.92. The lowest BCUT2D eigenvalue weighted by atomic mass is 10.1. The average molecular weight is 330 g/mol. The van der Waals surface area contributed by atoms with Gasteiger partial charge in [0.15, 0.2) is 0 Å². The van der Waals surface area contributed by atoms with Crippen molar-refractivity contribution in [2.45, 2.75) is 12.6 Å². The van der Waals surface area contributed by atoms with Gasteiger partial charge < -0.3 is 5.11 Å². The van der Waals surface area contributed by atoms with E-state index in [9.17, 15) is 18.0 Å². The number of alkyl halides is 3. The van der Waals surface area contributed by atoms with Gasteiger partial charge in [-0.3, -0.25) is 4.79 Å². The molecule has 0 aliphatic heterocycles. The second-order valence-corrected chi connectivity index (χ2v) is 4.16. The smallest absolute Gasteiger partial charge is 0.416 e. The summed E-state index contributed by atoms with van der Waals surface area (Å²) in [6.45, 7) is 0. The minimum absolute atomic E-state index is 0.154. The molecule has 0 saturated heterocycles. The van der Waals surface area contributed by atoms with E-state index < -0.39 is 24.1 Å². The molecule has 0 saturated carbocycles. The monoisotopic (exact) mass is 330 g/mol. The Hall–Kier alpha value is -0.790. The Morgan fingerprint density at radius 2 is 1.93 bits per heavy atom. The van der Waals surface area contributed by atoms with Crippen LogP contribution in [0.2, 0.25) is 0 Å². The van der Waals surface area contributed by atoms with Crippen molar-refractivity contribution in [1.82, 2.24) is 0 Å². The summed E-state index contributed by atoms with van der Waals surface area (Å²) < 4.78 is 37.4. The number of carbonyl (C=O) groups is 1. The molecule has 0 amide bonds.